The van der Waals surface area contributed by atoms with Crippen LogP contribution in [0, 0.1) is 6.92 Å². The Kier molecular flexibility index (Phi) is 6.81. The highest BCUT2D eigenvalue weighted by molar-refractivity contribution is 5.88. The highest BCUT2D eigenvalue weighted by Crippen LogP contribution is 2.30. The molecule has 0 atom stereocenters. The van der Waals surface area contributed by atoms with Crippen LogP contribution in [0.3, 0.4) is 0 Å². The van der Waals surface area contributed by atoms with Crippen LogP contribution in [0.2, 0.25) is 0 Å². The van der Waals surface area contributed by atoms with Crippen LogP contribution in [-0.2, 0) is 4.79 Å². The molecule has 38 heavy (non-hydrogen) atoms. The summed E-state index contributed by atoms with van der Waals surface area (Å²) < 4.78 is 7.76. The summed E-state index contributed by atoms with van der Waals surface area (Å²) in [4.78, 5) is 33.2. The molecule has 5 rings (SSSR count). The zero-order valence-electron chi connectivity index (χ0n) is 21.4. The van der Waals surface area contributed by atoms with Crippen LogP contribution < -0.4 is 15.0 Å². The molecule has 0 saturated heterocycles. The maximum absolute atomic E-state index is 11.8. The summed E-state index contributed by atoms with van der Waals surface area (Å²) in [6, 6.07) is 13.3. The lowest BCUT2D eigenvalue weighted by Gasteiger charge is -2.22. The van der Waals surface area contributed by atoms with Crippen molar-refractivity contribution in [3.05, 3.63) is 79.5 Å². The summed E-state index contributed by atoms with van der Waals surface area (Å²) in [5.74, 6) is 2.63. The molecule has 0 unspecified atom stereocenters. The minimum Gasteiger partial charge on any atom is -0.457 e. The second-order valence-corrected chi connectivity index (χ2v) is 8.78. The standard InChI is InChI=1S/C27H27N9O2/c1-5-25(37)35(4)13-12-34(3)23-9-7-21-26(33-23)27(30-16-28-21)32-19-6-8-22(18(2)14-19)38-20-10-11-36-24(15-20)29-17-31-36/h5-11,14-17H,1,12-13H2,2-4H3,(H,28,30,32). The SMILES string of the molecule is C=CC(=O)N(C)CCN(C)c1ccc2ncnc(Nc3ccc(Oc4ccn5ncnc5c4)c(C)c3)c2n1. The van der Waals surface area contributed by atoms with Gasteiger partial charge in [-0.3, -0.25) is 4.79 Å². The Labute approximate surface area is 219 Å². The van der Waals surface area contributed by atoms with E-state index in [2.05, 4.69) is 31.9 Å². The third-order valence-corrected chi connectivity index (χ3v) is 6.10. The number of aromatic nitrogens is 6. The molecule has 11 nitrogen and oxygen atoms in total. The molecule has 5 aromatic rings. The molecule has 1 aromatic carbocycles. The fourth-order valence-electron chi connectivity index (χ4n) is 3.88. The van der Waals surface area contributed by atoms with Crippen LogP contribution in [0.15, 0.2) is 74.0 Å². The summed E-state index contributed by atoms with van der Waals surface area (Å²) in [6.07, 6.45) is 6.13. The van der Waals surface area contributed by atoms with Crippen LogP contribution in [-0.4, -0.2) is 67.5 Å². The van der Waals surface area contributed by atoms with Crippen molar-refractivity contribution >= 4 is 39.9 Å². The minimum atomic E-state index is -0.118. The normalized spacial score (nSPS) is 10.9. The zero-order valence-corrected chi connectivity index (χ0v) is 21.4. The second kappa shape index (κ2) is 10.5. The number of fused-ring (bicyclic) bond motifs is 2. The van der Waals surface area contributed by atoms with E-state index in [0.29, 0.717) is 35.8 Å². The lowest BCUT2D eigenvalue weighted by molar-refractivity contribution is -0.124. The number of anilines is 3. The van der Waals surface area contributed by atoms with Gasteiger partial charge in [-0.05, 0) is 55.0 Å². The van der Waals surface area contributed by atoms with Crippen molar-refractivity contribution < 1.29 is 9.53 Å². The zero-order chi connectivity index (χ0) is 26.6. The van der Waals surface area contributed by atoms with Crippen LogP contribution in [0.4, 0.5) is 17.3 Å². The van der Waals surface area contributed by atoms with Gasteiger partial charge < -0.3 is 19.9 Å². The highest BCUT2D eigenvalue weighted by atomic mass is 16.5. The van der Waals surface area contributed by atoms with E-state index in [1.165, 1.54) is 18.7 Å². The predicted octanol–water partition coefficient (Wildman–Crippen LogP) is 3.99. The number of nitrogens with zero attached hydrogens (tertiary/aromatic N) is 8. The largest absolute Gasteiger partial charge is 0.457 e. The van der Waals surface area contributed by atoms with Crippen molar-refractivity contribution in [1.29, 1.82) is 0 Å². The molecule has 0 saturated carbocycles. The monoisotopic (exact) mass is 509 g/mol. The molecule has 4 heterocycles. The third-order valence-electron chi connectivity index (χ3n) is 6.10. The number of hydrogen-bond acceptors (Lipinski definition) is 9. The number of pyridine rings is 2. The molecule has 0 aliphatic carbocycles. The van der Waals surface area contributed by atoms with E-state index in [-0.39, 0.29) is 5.91 Å². The maximum atomic E-state index is 11.8. The summed E-state index contributed by atoms with van der Waals surface area (Å²) in [6.45, 7) is 6.66. The smallest absolute Gasteiger partial charge is 0.245 e. The van der Waals surface area contributed by atoms with Crippen molar-refractivity contribution in [2.45, 2.75) is 6.92 Å². The number of carbonyl (C=O) groups excluding carboxylic acids is 1. The number of likely N-dealkylation sites (N-methyl/N-ethyl adjacent to an activating group) is 2. The minimum absolute atomic E-state index is 0.118. The third kappa shape index (κ3) is 5.21. The van der Waals surface area contributed by atoms with Gasteiger partial charge in [0.25, 0.3) is 0 Å². The van der Waals surface area contributed by atoms with Crippen molar-refractivity contribution in [3.63, 3.8) is 0 Å². The number of ether oxygens (including phenoxy) is 1. The Hall–Kier alpha value is -5.06. The topological polar surface area (TPSA) is 114 Å². The Bertz CT molecular complexity index is 1630. The fourth-order valence-corrected chi connectivity index (χ4v) is 3.88. The van der Waals surface area contributed by atoms with Gasteiger partial charge in [0.1, 0.15) is 35.5 Å². The second-order valence-electron chi connectivity index (χ2n) is 8.78. The quantitative estimate of drug-likeness (QED) is 0.295. The van der Waals surface area contributed by atoms with E-state index in [1.807, 2.05) is 61.3 Å². The van der Waals surface area contributed by atoms with Crippen molar-refractivity contribution in [3.8, 4) is 11.5 Å². The van der Waals surface area contributed by atoms with Gasteiger partial charge in [0.15, 0.2) is 11.5 Å². The van der Waals surface area contributed by atoms with Crippen molar-refractivity contribution in [2.24, 2.45) is 0 Å². The Morgan fingerprint density at radius 3 is 2.76 bits per heavy atom. The van der Waals surface area contributed by atoms with E-state index in [0.717, 1.165) is 28.3 Å². The molecule has 11 heteroatoms. The van der Waals surface area contributed by atoms with Gasteiger partial charge in [0, 0.05) is 45.1 Å². The number of aryl methyl sites for hydroxylation is 1. The number of nitrogens with one attached hydrogen (secondary N) is 1. The summed E-state index contributed by atoms with van der Waals surface area (Å²) in [5.41, 5.74) is 3.86. The number of benzene rings is 1. The average Bonchev–Trinajstić information content (AvgIpc) is 3.40. The number of rotatable bonds is 9. The van der Waals surface area contributed by atoms with Crippen LogP contribution in [0.25, 0.3) is 16.7 Å². The van der Waals surface area contributed by atoms with E-state index in [1.54, 1.807) is 22.7 Å². The van der Waals surface area contributed by atoms with Crippen LogP contribution in [0.5, 0.6) is 11.5 Å². The molecule has 4 aromatic heterocycles. The Balaban J connectivity index is 1.33. The number of amides is 1. The van der Waals surface area contributed by atoms with E-state index < -0.39 is 0 Å². The van der Waals surface area contributed by atoms with Gasteiger partial charge >= 0.3 is 0 Å². The van der Waals surface area contributed by atoms with Crippen molar-refractivity contribution in [1.82, 2.24) is 34.4 Å². The molecule has 0 aliphatic heterocycles. The number of carbonyl (C=O) groups is 1. The Morgan fingerprint density at radius 1 is 1.08 bits per heavy atom. The molecule has 1 amide bonds. The first-order valence-electron chi connectivity index (χ1n) is 12.0. The molecule has 0 fully saturated rings. The first kappa shape index (κ1) is 24.6. The van der Waals surface area contributed by atoms with Gasteiger partial charge in [0.05, 0.1) is 5.52 Å². The van der Waals surface area contributed by atoms with Gasteiger partial charge in [-0.2, -0.15) is 5.10 Å². The van der Waals surface area contributed by atoms with Crippen LogP contribution >= 0.6 is 0 Å². The fraction of sp³-hybridized carbons (Fsp3) is 0.185. The molecule has 0 bridgehead atoms. The molecule has 0 aliphatic rings. The highest BCUT2D eigenvalue weighted by Gasteiger charge is 2.12. The van der Waals surface area contributed by atoms with E-state index >= 15 is 0 Å². The van der Waals surface area contributed by atoms with Crippen molar-refractivity contribution in [2.75, 3.05) is 37.4 Å². The molecule has 1 N–H and O–H groups in total. The first-order chi connectivity index (χ1) is 18.4. The lowest BCUT2D eigenvalue weighted by atomic mass is 10.2. The Morgan fingerprint density at radius 2 is 1.95 bits per heavy atom. The predicted molar refractivity (Wildman–Crippen MR) is 146 cm³/mol. The summed E-state index contributed by atoms with van der Waals surface area (Å²) in [5, 5.41) is 7.47. The molecule has 0 spiro atoms. The lowest BCUT2D eigenvalue weighted by Crippen LogP contribution is -2.34. The van der Waals surface area contributed by atoms with Crippen LogP contribution in [0.1, 0.15) is 5.56 Å². The van der Waals surface area contributed by atoms with E-state index in [4.69, 9.17) is 9.72 Å². The van der Waals surface area contributed by atoms with Gasteiger partial charge in [0.2, 0.25) is 5.91 Å². The first-order valence-corrected chi connectivity index (χ1v) is 12.0. The average molecular weight is 510 g/mol. The van der Waals surface area contributed by atoms with Gasteiger partial charge in [-0.15, -0.1) is 0 Å². The summed E-state index contributed by atoms with van der Waals surface area (Å²) >= 11 is 0. The molecule has 192 valence electrons. The van der Waals surface area contributed by atoms with E-state index in [9.17, 15) is 4.79 Å². The molecule has 0 radical (unpaired) electrons. The summed E-state index contributed by atoms with van der Waals surface area (Å²) in [7, 11) is 3.68. The maximum Gasteiger partial charge on any atom is 0.245 e. The van der Waals surface area contributed by atoms with Gasteiger partial charge in [-0.25, -0.2) is 24.5 Å². The number of hydrogen-bond donors (Lipinski definition) is 1. The molecular formula is C27H27N9O2. The molecular weight excluding hydrogens is 482 g/mol. The van der Waals surface area contributed by atoms with Gasteiger partial charge in [-0.1, -0.05) is 6.58 Å².